The number of rotatable bonds is 5. The molecular weight excluding hydrogens is 685 g/mol. The maximum absolute atomic E-state index is 2.49. The second-order valence-electron chi connectivity index (χ2n) is 16.1. The summed E-state index contributed by atoms with van der Waals surface area (Å²) >= 11 is 0. The quantitative estimate of drug-likeness (QED) is 0.155. The van der Waals surface area contributed by atoms with Crippen molar-refractivity contribution in [3.8, 4) is 66.8 Å². The zero-order valence-electron chi connectivity index (χ0n) is 32.1. The topological polar surface area (TPSA) is 0 Å². The first-order chi connectivity index (χ1) is 28.0. The second kappa shape index (κ2) is 13.0. The summed E-state index contributed by atoms with van der Waals surface area (Å²) in [7, 11) is 0. The Balaban J connectivity index is 1.23. The van der Waals surface area contributed by atoms with Gasteiger partial charge in [-0.1, -0.05) is 184 Å². The van der Waals surface area contributed by atoms with Crippen LogP contribution >= 0.6 is 0 Å². The van der Waals surface area contributed by atoms with E-state index in [2.05, 4.69) is 220 Å². The Labute approximate surface area is 334 Å². The fraction of sp³-hybridized carbons (Fsp3) is 0.0526. The standard InChI is InChI=1S/C57H40/c1-57(2)53-24-14-13-21-47(53)48-29-28-43(36-54(48)57)55-49-22-11-12-23-50(49)56(51-30-27-42(35-52(51)55)41-26-25-39-19-9-10-20-40(39)31-41)46-33-44(37-15-5-3-6-16-37)32-45(34-46)38-17-7-4-8-18-38/h3-36H,1-2H3. The lowest BCUT2D eigenvalue weighted by Gasteiger charge is -2.23. The summed E-state index contributed by atoms with van der Waals surface area (Å²) in [6.45, 7) is 4.76. The Morgan fingerprint density at radius 3 is 1.49 bits per heavy atom. The van der Waals surface area contributed by atoms with E-state index in [-0.39, 0.29) is 5.41 Å². The van der Waals surface area contributed by atoms with Gasteiger partial charge in [0.05, 0.1) is 0 Å². The molecule has 0 heteroatoms. The minimum absolute atomic E-state index is 0.102. The van der Waals surface area contributed by atoms with E-state index < -0.39 is 0 Å². The van der Waals surface area contributed by atoms with E-state index >= 15 is 0 Å². The number of hydrogen-bond donors (Lipinski definition) is 0. The largest absolute Gasteiger partial charge is 0.0622 e. The zero-order chi connectivity index (χ0) is 38.1. The Kier molecular flexibility index (Phi) is 7.63. The highest BCUT2D eigenvalue weighted by Gasteiger charge is 2.35. The molecule has 0 saturated carbocycles. The van der Waals surface area contributed by atoms with Gasteiger partial charge in [-0.05, 0) is 147 Å². The minimum atomic E-state index is -0.102. The molecule has 0 aliphatic heterocycles. The van der Waals surface area contributed by atoms with Crippen LogP contribution in [0.5, 0.6) is 0 Å². The Morgan fingerprint density at radius 2 is 0.772 bits per heavy atom. The van der Waals surface area contributed by atoms with Crippen molar-refractivity contribution in [1.29, 1.82) is 0 Å². The van der Waals surface area contributed by atoms with Crippen LogP contribution in [0.4, 0.5) is 0 Å². The van der Waals surface area contributed by atoms with Gasteiger partial charge in [0, 0.05) is 5.41 Å². The van der Waals surface area contributed by atoms with E-state index in [1.807, 2.05) is 0 Å². The first-order valence-electron chi connectivity index (χ1n) is 20.0. The van der Waals surface area contributed by atoms with Crippen molar-refractivity contribution in [2.45, 2.75) is 19.3 Å². The van der Waals surface area contributed by atoms with Crippen LogP contribution in [0.15, 0.2) is 206 Å². The predicted molar refractivity (Wildman–Crippen MR) is 244 cm³/mol. The Bertz CT molecular complexity index is 3130. The molecule has 10 aromatic carbocycles. The fourth-order valence-electron chi connectivity index (χ4n) is 9.58. The Hall–Kier alpha value is -7.02. The molecular formula is C57H40. The highest BCUT2D eigenvalue weighted by Crippen LogP contribution is 2.52. The van der Waals surface area contributed by atoms with Gasteiger partial charge in [0.2, 0.25) is 0 Å². The van der Waals surface area contributed by atoms with Gasteiger partial charge in [0.15, 0.2) is 0 Å². The molecule has 1 aliphatic carbocycles. The molecule has 0 aromatic heterocycles. The zero-order valence-corrected chi connectivity index (χ0v) is 32.1. The van der Waals surface area contributed by atoms with Crippen LogP contribution < -0.4 is 0 Å². The molecule has 268 valence electrons. The molecule has 0 radical (unpaired) electrons. The van der Waals surface area contributed by atoms with E-state index in [0.717, 1.165) is 0 Å². The molecule has 0 spiro atoms. The molecule has 1 aliphatic rings. The molecule has 0 amide bonds. The van der Waals surface area contributed by atoms with Crippen molar-refractivity contribution in [1.82, 2.24) is 0 Å². The van der Waals surface area contributed by atoms with E-state index in [9.17, 15) is 0 Å². The van der Waals surface area contributed by atoms with Crippen LogP contribution in [-0.2, 0) is 5.41 Å². The second-order valence-corrected chi connectivity index (χ2v) is 16.1. The molecule has 0 heterocycles. The molecule has 0 atom stereocenters. The molecule has 0 nitrogen and oxygen atoms in total. The monoisotopic (exact) mass is 724 g/mol. The van der Waals surface area contributed by atoms with Gasteiger partial charge in [-0.3, -0.25) is 0 Å². The van der Waals surface area contributed by atoms with Crippen LogP contribution in [0.1, 0.15) is 25.0 Å². The summed E-state index contributed by atoms with van der Waals surface area (Å²) in [5.74, 6) is 0. The average Bonchev–Trinajstić information content (AvgIpc) is 3.50. The van der Waals surface area contributed by atoms with Gasteiger partial charge < -0.3 is 0 Å². The third-order valence-electron chi connectivity index (χ3n) is 12.4. The normalized spacial score (nSPS) is 12.9. The molecule has 0 bridgehead atoms. The van der Waals surface area contributed by atoms with Crippen LogP contribution in [0.25, 0.3) is 99.1 Å². The number of hydrogen-bond acceptors (Lipinski definition) is 0. The first kappa shape index (κ1) is 33.3. The maximum Gasteiger partial charge on any atom is 0.0159 e. The van der Waals surface area contributed by atoms with Gasteiger partial charge in [0.1, 0.15) is 0 Å². The van der Waals surface area contributed by atoms with Crippen LogP contribution in [0.2, 0.25) is 0 Å². The third kappa shape index (κ3) is 5.44. The maximum atomic E-state index is 2.49. The SMILES string of the molecule is CC1(C)c2ccccc2-c2ccc(-c3c4ccccc4c(-c4cc(-c5ccccc5)cc(-c5ccccc5)c4)c4ccc(-c5ccc6ccccc6c5)cc34)cc21. The summed E-state index contributed by atoms with van der Waals surface area (Å²) in [5, 5.41) is 7.53. The van der Waals surface area contributed by atoms with Gasteiger partial charge in [-0.2, -0.15) is 0 Å². The highest BCUT2D eigenvalue weighted by molar-refractivity contribution is 6.22. The summed E-state index contributed by atoms with van der Waals surface area (Å²) < 4.78 is 0. The molecule has 57 heavy (non-hydrogen) atoms. The van der Waals surface area contributed by atoms with Crippen LogP contribution in [0.3, 0.4) is 0 Å². The van der Waals surface area contributed by atoms with Crippen molar-refractivity contribution < 1.29 is 0 Å². The minimum Gasteiger partial charge on any atom is -0.0622 e. The van der Waals surface area contributed by atoms with E-state index in [0.29, 0.717) is 0 Å². The predicted octanol–water partition coefficient (Wildman–Crippen LogP) is 15.8. The van der Waals surface area contributed by atoms with Gasteiger partial charge in [-0.15, -0.1) is 0 Å². The summed E-state index contributed by atoms with van der Waals surface area (Å²) in [5.41, 5.74) is 17.7. The molecule has 11 rings (SSSR count). The lowest BCUT2D eigenvalue weighted by molar-refractivity contribution is 0.660. The fourth-order valence-corrected chi connectivity index (χ4v) is 9.58. The molecule has 0 unspecified atom stereocenters. The summed E-state index contributed by atoms with van der Waals surface area (Å²) in [6, 6.07) is 76.6. The number of benzene rings is 10. The third-order valence-corrected chi connectivity index (χ3v) is 12.4. The average molecular weight is 725 g/mol. The molecule has 0 fully saturated rings. The van der Waals surface area contributed by atoms with E-state index in [1.165, 1.54) is 110 Å². The number of fused-ring (bicyclic) bond motifs is 6. The van der Waals surface area contributed by atoms with Crippen molar-refractivity contribution in [3.63, 3.8) is 0 Å². The molecule has 0 N–H and O–H groups in total. The lowest BCUT2D eigenvalue weighted by Crippen LogP contribution is -2.14. The van der Waals surface area contributed by atoms with Crippen molar-refractivity contribution in [2.75, 3.05) is 0 Å². The molecule has 10 aromatic rings. The van der Waals surface area contributed by atoms with Gasteiger partial charge in [-0.25, -0.2) is 0 Å². The van der Waals surface area contributed by atoms with Crippen molar-refractivity contribution in [3.05, 3.63) is 217 Å². The highest BCUT2D eigenvalue weighted by atomic mass is 14.4. The van der Waals surface area contributed by atoms with Gasteiger partial charge >= 0.3 is 0 Å². The van der Waals surface area contributed by atoms with E-state index in [4.69, 9.17) is 0 Å². The summed E-state index contributed by atoms with van der Waals surface area (Å²) in [6.07, 6.45) is 0. The van der Waals surface area contributed by atoms with Crippen LogP contribution in [0, 0.1) is 0 Å². The first-order valence-corrected chi connectivity index (χ1v) is 20.0. The molecule has 0 saturated heterocycles. The van der Waals surface area contributed by atoms with Crippen molar-refractivity contribution in [2.24, 2.45) is 0 Å². The van der Waals surface area contributed by atoms with Gasteiger partial charge in [0.25, 0.3) is 0 Å². The Morgan fingerprint density at radius 1 is 0.263 bits per heavy atom. The van der Waals surface area contributed by atoms with Crippen molar-refractivity contribution >= 4 is 32.3 Å². The summed E-state index contributed by atoms with van der Waals surface area (Å²) in [4.78, 5) is 0. The lowest BCUT2D eigenvalue weighted by atomic mass is 9.80. The van der Waals surface area contributed by atoms with Crippen LogP contribution in [-0.4, -0.2) is 0 Å². The van der Waals surface area contributed by atoms with E-state index in [1.54, 1.807) is 0 Å². The smallest absolute Gasteiger partial charge is 0.0159 e.